The van der Waals surface area contributed by atoms with Gasteiger partial charge in [0.2, 0.25) is 0 Å². The molecule has 0 spiro atoms. The summed E-state index contributed by atoms with van der Waals surface area (Å²) in [4.78, 5) is 18.0. The van der Waals surface area contributed by atoms with E-state index in [1.54, 1.807) is 6.20 Å². The molecule has 2 heterocycles. The molecular formula is C13H21N3O2. The minimum Gasteiger partial charge on any atom is -0.481 e. The molecule has 2 rings (SSSR count). The number of nitrogens with zero attached hydrogens (tertiary/aromatic N) is 3. The maximum Gasteiger partial charge on any atom is 0.310 e. The molecule has 1 fully saturated rings. The van der Waals surface area contributed by atoms with Crippen LogP contribution in [-0.4, -0.2) is 38.6 Å². The van der Waals surface area contributed by atoms with Crippen molar-refractivity contribution >= 4 is 5.97 Å². The first-order valence-corrected chi connectivity index (χ1v) is 6.49. The van der Waals surface area contributed by atoms with E-state index < -0.39 is 11.4 Å². The van der Waals surface area contributed by atoms with Crippen molar-refractivity contribution in [3.8, 4) is 0 Å². The van der Waals surface area contributed by atoms with Crippen molar-refractivity contribution in [1.82, 2.24) is 14.5 Å². The molecule has 1 saturated heterocycles. The lowest BCUT2D eigenvalue weighted by molar-refractivity contribution is -0.153. The van der Waals surface area contributed by atoms with E-state index >= 15 is 0 Å². The van der Waals surface area contributed by atoms with Crippen LogP contribution in [0.5, 0.6) is 0 Å². The summed E-state index contributed by atoms with van der Waals surface area (Å²) in [5.41, 5.74) is -0.566. The van der Waals surface area contributed by atoms with Gasteiger partial charge in [0, 0.05) is 26.0 Å². The Hall–Kier alpha value is -1.36. The van der Waals surface area contributed by atoms with E-state index in [9.17, 15) is 9.90 Å². The van der Waals surface area contributed by atoms with E-state index in [2.05, 4.69) is 9.88 Å². The Morgan fingerprint density at radius 2 is 2.39 bits per heavy atom. The first kappa shape index (κ1) is 13.1. The van der Waals surface area contributed by atoms with Gasteiger partial charge < -0.3 is 9.67 Å². The van der Waals surface area contributed by atoms with Gasteiger partial charge in [-0.25, -0.2) is 4.98 Å². The van der Waals surface area contributed by atoms with Crippen molar-refractivity contribution in [3.63, 3.8) is 0 Å². The predicted octanol–water partition coefficient (Wildman–Crippen LogP) is 1.50. The largest absolute Gasteiger partial charge is 0.481 e. The fraction of sp³-hybridized carbons (Fsp3) is 0.692. The fourth-order valence-electron chi connectivity index (χ4n) is 2.73. The lowest BCUT2D eigenvalue weighted by atomic mass is 9.77. The Labute approximate surface area is 107 Å². The summed E-state index contributed by atoms with van der Waals surface area (Å²) in [5, 5.41) is 9.44. The minimum atomic E-state index is -0.658. The van der Waals surface area contributed by atoms with E-state index in [4.69, 9.17) is 0 Å². The Balaban J connectivity index is 2.07. The number of hydrogen-bond donors (Lipinski definition) is 1. The predicted molar refractivity (Wildman–Crippen MR) is 68.1 cm³/mol. The molecule has 100 valence electrons. The normalized spacial score (nSPS) is 25.2. The van der Waals surface area contributed by atoms with Crippen molar-refractivity contribution in [1.29, 1.82) is 0 Å². The van der Waals surface area contributed by atoms with E-state index in [1.807, 2.05) is 24.7 Å². The molecule has 1 aliphatic heterocycles. The van der Waals surface area contributed by atoms with Crippen LogP contribution in [0.3, 0.4) is 0 Å². The molecule has 1 aromatic heterocycles. The average Bonchev–Trinajstić information content (AvgIpc) is 2.75. The van der Waals surface area contributed by atoms with Gasteiger partial charge in [0.15, 0.2) is 0 Å². The van der Waals surface area contributed by atoms with E-state index in [1.165, 1.54) is 0 Å². The van der Waals surface area contributed by atoms with Gasteiger partial charge in [-0.1, -0.05) is 6.92 Å². The zero-order valence-corrected chi connectivity index (χ0v) is 11.1. The molecule has 1 N–H and O–H groups in total. The first-order valence-electron chi connectivity index (χ1n) is 6.49. The third kappa shape index (κ3) is 2.41. The van der Waals surface area contributed by atoms with Crippen molar-refractivity contribution < 1.29 is 9.90 Å². The standard InChI is InChI=1S/C13H21N3O2/c1-3-13(12(17)18)5-4-7-16(10-13)9-11-14-6-8-15(11)2/h6,8H,3-5,7,9-10H2,1-2H3,(H,17,18). The molecule has 18 heavy (non-hydrogen) atoms. The topological polar surface area (TPSA) is 58.4 Å². The number of hydrogen-bond acceptors (Lipinski definition) is 3. The number of imidazole rings is 1. The zero-order valence-electron chi connectivity index (χ0n) is 11.1. The van der Waals surface area contributed by atoms with Gasteiger partial charge >= 0.3 is 5.97 Å². The van der Waals surface area contributed by atoms with Crippen molar-refractivity contribution in [2.24, 2.45) is 12.5 Å². The maximum atomic E-state index is 11.5. The van der Waals surface area contributed by atoms with Gasteiger partial charge in [-0.05, 0) is 25.8 Å². The molecule has 0 aliphatic carbocycles. The molecule has 0 aromatic carbocycles. The molecule has 0 radical (unpaired) electrons. The van der Waals surface area contributed by atoms with Crippen LogP contribution in [0, 0.1) is 5.41 Å². The van der Waals surface area contributed by atoms with Gasteiger partial charge in [-0.3, -0.25) is 9.69 Å². The van der Waals surface area contributed by atoms with Crippen LogP contribution >= 0.6 is 0 Å². The summed E-state index contributed by atoms with van der Waals surface area (Å²) >= 11 is 0. The number of carboxylic acids is 1. The molecule has 1 atom stereocenters. The van der Waals surface area contributed by atoms with Crippen molar-refractivity contribution in [2.45, 2.75) is 32.7 Å². The number of carbonyl (C=O) groups is 1. The molecule has 0 bridgehead atoms. The zero-order chi connectivity index (χ0) is 13.2. The summed E-state index contributed by atoms with van der Waals surface area (Å²) in [6, 6.07) is 0. The molecule has 5 heteroatoms. The van der Waals surface area contributed by atoms with Crippen molar-refractivity contribution in [3.05, 3.63) is 18.2 Å². The average molecular weight is 251 g/mol. The van der Waals surface area contributed by atoms with Crippen LogP contribution in [0.4, 0.5) is 0 Å². The van der Waals surface area contributed by atoms with Crippen LogP contribution in [0.1, 0.15) is 32.0 Å². The van der Waals surface area contributed by atoms with Gasteiger partial charge in [0.05, 0.1) is 12.0 Å². The Morgan fingerprint density at radius 3 is 2.94 bits per heavy atom. The smallest absolute Gasteiger partial charge is 0.310 e. The second-order valence-corrected chi connectivity index (χ2v) is 5.21. The quantitative estimate of drug-likeness (QED) is 0.881. The summed E-state index contributed by atoms with van der Waals surface area (Å²) in [6.45, 7) is 4.30. The fourth-order valence-corrected chi connectivity index (χ4v) is 2.73. The number of aryl methyl sites for hydroxylation is 1. The molecule has 1 aromatic rings. The molecule has 0 amide bonds. The van der Waals surface area contributed by atoms with Crippen LogP contribution in [-0.2, 0) is 18.4 Å². The van der Waals surface area contributed by atoms with E-state index in [0.717, 1.165) is 31.8 Å². The summed E-state index contributed by atoms with van der Waals surface area (Å²) < 4.78 is 1.99. The Morgan fingerprint density at radius 1 is 1.61 bits per heavy atom. The number of rotatable bonds is 4. The van der Waals surface area contributed by atoms with Crippen LogP contribution < -0.4 is 0 Å². The Kier molecular flexibility index (Phi) is 3.71. The van der Waals surface area contributed by atoms with Crippen LogP contribution in [0.15, 0.2) is 12.4 Å². The molecule has 5 nitrogen and oxygen atoms in total. The maximum absolute atomic E-state index is 11.5. The highest BCUT2D eigenvalue weighted by Gasteiger charge is 2.40. The van der Waals surface area contributed by atoms with Gasteiger partial charge in [0.25, 0.3) is 0 Å². The highest BCUT2D eigenvalue weighted by Crippen LogP contribution is 2.34. The third-order valence-electron chi connectivity index (χ3n) is 4.07. The number of aliphatic carboxylic acids is 1. The summed E-state index contributed by atoms with van der Waals surface area (Å²) in [7, 11) is 1.97. The van der Waals surface area contributed by atoms with Gasteiger partial charge in [-0.15, -0.1) is 0 Å². The lowest BCUT2D eigenvalue weighted by Crippen LogP contribution is -2.47. The van der Waals surface area contributed by atoms with E-state index in [-0.39, 0.29) is 0 Å². The summed E-state index contributed by atoms with van der Waals surface area (Å²) in [6.07, 6.45) is 6.13. The molecule has 0 saturated carbocycles. The third-order valence-corrected chi connectivity index (χ3v) is 4.07. The SMILES string of the molecule is CCC1(C(=O)O)CCCN(Cc2nccn2C)C1. The first-order chi connectivity index (χ1) is 8.57. The van der Waals surface area contributed by atoms with Gasteiger partial charge in [-0.2, -0.15) is 0 Å². The highest BCUT2D eigenvalue weighted by molar-refractivity contribution is 5.75. The number of piperidine rings is 1. The minimum absolute atomic E-state index is 0.566. The van der Waals surface area contributed by atoms with E-state index in [0.29, 0.717) is 13.0 Å². The molecule has 1 aliphatic rings. The van der Waals surface area contributed by atoms with Crippen LogP contribution in [0.2, 0.25) is 0 Å². The molecular weight excluding hydrogens is 230 g/mol. The second-order valence-electron chi connectivity index (χ2n) is 5.21. The second kappa shape index (κ2) is 5.10. The number of carboxylic acid groups (broad SMARTS) is 1. The number of likely N-dealkylation sites (tertiary alicyclic amines) is 1. The van der Waals surface area contributed by atoms with Gasteiger partial charge in [0.1, 0.15) is 5.82 Å². The van der Waals surface area contributed by atoms with Crippen LogP contribution in [0.25, 0.3) is 0 Å². The highest BCUT2D eigenvalue weighted by atomic mass is 16.4. The molecule has 1 unspecified atom stereocenters. The Bertz CT molecular complexity index is 430. The number of aromatic nitrogens is 2. The van der Waals surface area contributed by atoms with Crippen molar-refractivity contribution in [2.75, 3.05) is 13.1 Å². The monoisotopic (exact) mass is 251 g/mol. The lowest BCUT2D eigenvalue weighted by Gasteiger charge is -2.39. The summed E-state index contributed by atoms with van der Waals surface area (Å²) in [5.74, 6) is 0.335.